The molecule has 3 rings (SSSR count). The lowest BCUT2D eigenvalue weighted by molar-refractivity contribution is 0.602. The number of nitrogens with two attached hydrogens (primary N) is 1. The van der Waals surface area contributed by atoms with Gasteiger partial charge in [0.05, 0.1) is 6.54 Å². The van der Waals surface area contributed by atoms with Gasteiger partial charge in [-0.1, -0.05) is 24.3 Å². The lowest BCUT2D eigenvalue weighted by atomic mass is 10.1. The first-order chi connectivity index (χ1) is 10.1. The highest BCUT2D eigenvalue weighted by Gasteiger charge is 2.06. The Kier molecular flexibility index (Phi) is 3.76. The van der Waals surface area contributed by atoms with Gasteiger partial charge in [-0.2, -0.15) is 0 Å². The zero-order chi connectivity index (χ0) is 14.8. The molecule has 1 aromatic heterocycles. The molecular formula is C18H19FN2. The molecule has 1 atom stereocenters. The van der Waals surface area contributed by atoms with E-state index in [2.05, 4.69) is 28.8 Å². The van der Waals surface area contributed by atoms with E-state index in [1.165, 1.54) is 17.0 Å². The van der Waals surface area contributed by atoms with Gasteiger partial charge in [-0.05, 0) is 48.6 Å². The first-order valence-electron chi connectivity index (χ1n) is 7.20. The Labute approximate surface area is 124 Å². The molecule has 21 heavy (non-hydrogen) atoms. The number of hydrogen-bond acceptors (Lipinski definition) is 1. The Bertz CT molecular complexity index is 759. The number of halogens is 1. The maximum absolute atomic E-state index is 13.8. The van der Waals surface area contributed by atoms with Crippen LogP contribution in [0.3, 0.4) is 0 Å². The van der Waals surface area contributed by atoms with Gasteiger partial charge >= 0.3 is 0 Å². The van der Waals surface area contributed by atoms with E-state index in [-0.39, 0.29) is 11.9 Å². The molecule has 2 aromatic carbocycles. The number of hydrogen-bond donors (Lipinski definition) is 1. The van der Waals surface area contributed by atoms with E-state index in [0.29, 0.717) is 12.1 Å². The third-order valence-corrected chi connectivity index (χ3v) is 3.69. The van der Waals surface area contributed by atoms with Crippen molar-refractivity contribution >= 4 is 10.9 Å². The normalized spacial score (nSPS) is 12.7. The van der Waals surface area contributed by atoms with E-state index in [1.54, 1.807) is 6.07 Å². The van der Waals surface area contributed by atoms with Crippen LogP contribution < -0.4 is 5.73 Å². The number of benzene rings is 2. The Balaban J connectivity index is 1.92. The van der Waals surface area contributed by atoms with Crippen molar-refractivity contribution in [1.82, 2.24) is 4.57 Å². The molecule has 0 amide bonds. The van der Waals surface area contributed by atoms with Crippen LogP contribution in [0.1, 0.15) is 18.1 Å². The van der Waals surface area contributed by atoms with Crippen molar-refractivity contribution in [3.8, 4) is 0 Å². The fourth-order valence-corrected chi connectivity index (χ4v) is 2.70. The molecule has 0 spiro atoms. The van der Waals surface area contributed by atoms with Crippen molar-refractivity contribution in [3.63, 3.8) is 0 Å². The average Bonchev–Trinajstić information content (AvgIpc) is 2.83. The minimum Gasteiger partial charge on any atom is -0.343 e. The molecule has 108 valence electrons. The van der Waals surface area contributed by atoms with E-state index in [0.717, 1.165) is 11.9 Å². The van der Waals surface area contributed by atoms with Gasteiger partial charge < -0.3 is 10.3 Å². The molecule has 2 nitrogen and oxygen atoms in total. The quantitative estimate of drug-likeness (QED) is 0.777. The number of rotatable bonds is 4. The molecule has 0 bridgehead atoms. The van der Waals surface area contributed by atoms with E-state index in [9.17, 15) is 4.39 Å². The Hall–Kier alpha value is -2.13. The van der Waals surface area contributed by atoms with Gasteiger partial charge in [0.25, 0.3) is 0 Å². The van der Waals surface area contributed by atoms with Crippen molar-refractivity contribution in [3.05, 3.63) is 71.7 Å². The van der Waals surface area contributed by atoms with Crippen LogP contribution >= 0.6 is 0 Å². The smallest absolute Gasteiger partial charge is 0.128 e. The first kappa shape index (κ1) is 13.8. The Morgan fingerprint density at radius 2 is 1.95 bits per heavy atom. The van der Waals surface area contributed by atoms with E-state index in [4.69, 9.17) is 5.73 Å². The second-order valence-corrected chi connectivity index (χ2v) is 5.61. The summed E-state index contributed by atoms with van der Waals surface area (Å²) >= 11 is 0. The van der Waals surface area contributed by atoms with Crippen molar-refractivity contribution < 1.29 is 4.39 Å². The highest BCUT2D eigenvalue weighted by atomic mass is 19.1. The first-order valence-corrected chi connectivity index (χ1v) is 7.20. The summed E-state index contributed by atoms with van der Waals surface area (Å²) in [6, 6.07) is 15.5. The number of nitrogens with zero attached hydrogens (tertiary/aromatic N) is 1. The van der Waals surface area contributed by atoms with Crippen LogP contribution in [0.4, 0.5) is 4.39 Å². The SMILES string of the molecule is CC(N)Cc1ccc2c(ccn2Cc2ccccc2F)c1. The van der Waals surface area contributed by atoms with Crippen LogP contribution in [0.15, 0.2) is 54.7 Å². The molecule has 0 radical (unpaired) electrons. The van der Waals surface area contributed by atoms with Gasteiger partial charge in [0, 0.05) is 23.3 Å². The van der Waals surface area contributed by atoms with Gasteiger partial charge in [-0.3, -0.25) is 0 Å². The molecule has 3 heteroatoms. The summed E-state index contributed by atoms with van der Waals surface area (Å²) in [5.41, 5.74) is 8.90. The second kappa shape index (κ2) is 5.70. The zero-order valence-electron chi connectivity index (χ0n) is 12.1. The second-order valence-electron chi connectivity index (χ2n) is 5.61. The van der Waals surface area contributed by atoms with E-state index in [1.807, 2.05) is 25.3 Å². The van der Waals surface area contributed by atoms with Crippen LogP contribution in [-0.2, 0) is 13.0 Å². The predicted molar refractivity (Wildman–Crippen MR) is 84.8 cm³/mol. The summed E-state index contributed by atoms with van der Waals surface area (Å²) < 4.78 is 15.8. The standard InChI is InChI=1S/C18H19FN2/c1-13(20)10-14-6-7-18-15(11-14)8-9-21(18)12-16-4-2-3-5-17(16)19/h2-9,11,13H,10,12,20H2,1H3. The van der Waals surface area contributed by atoms with Gasteiger partial charge in [-0.25, -0.2) is 4.39 Å². The molecule has 0 saturated carbocycles. The number of fused-ring (bicyclic) bond motifs is 1. The molecule has 2 N–H and O–H groups in total. The molecule has 1 heterocycles. The van der Waals surface area contributed by atoms with Crippen LogP contribution in [0.2, 0.25) is 0 Å². The fraction of sp³-hybridized carbons (Fsp3) is 0.222. The average molecular weight is 282 g/mol. The third kappa shape index (κ3) is 2.98. The van der Waals surface area contributed by atoms with Crippen LogP contribution in [0.25, 0.3) is 10.9 Å². The monoisotopic (exact) mass is 282 g/mol. The van der Waals surface area contributed by atoms with Crippen LogP contribution in [0.5, 0.6) is 0 Å². The minimum absolute atomic E-state index is 0.156. The topological polar surface area (TPSA) is 30.9 Å². The molecule has 3 aromatic rings. The highest BCUT2D eigenvalue weighted by Crippen LogP contribution is 2.20. The zero-order valence-corrected chi connectivity index (χ0v) is 12.1. The van der Waals surface area contributed by atoms with Crippen LogP contribution in [0, 0.1) is 5.82 Å². The lowest BCUT2D eigenvalue weighted by Gasteiger charge is -2.08. The summed E-state index contributed by atoms with van der Waals surface area (Å²) in [6.07, 6.45) is 2.88. The summed E-state index contributed by atoms with van der Waals surface area (Å²) in [6.45, 7) is 2.55. The van der Waals surface area contributed by atoms with Crippen LogP contribution in [-0.4, -0.2) is 10.6 Å². The van der Waals surface area contributed by atoms with Crippen molar-refractivity contribution in [2.75, 3.05) is 0 Å². The largest absolute Gasteiger partial charge is 0.343 e. The van der Waals surface area contributed by atoms with Gasteiger partial charge in [-0.15, -0.1) is 0 Å². The summed E-state index contributed by atoms with van der Waals surface area (Å²) in [4.78, 5) is 0. The molecule has 0 fully saturated rings. The van der Waals surface area contributed by atoms with Crippen molar-refractivity contribution in [2.45, 2.75) is 25.9 Å². The van der Waals surface area contributed by atoms with E-state index < -0.39 is 0 Å². The fourth-order valence-electron chi connectivity index (χ4n) is 2.70. The summed E-state index contributed by atoms with van der Waals surface area (Å²) in [5.74, 6) is -0.159. The lowest BCUT2D eigenvalue weighted by Crippen LogP contribution is -2.17. The molecule has 0 aliphatic rings. The Morgan fingerprint density at radius 3 is 2.71 bits per heavy atom. The highest BCUT2D eigenvalue weighted by molar-refractivity contribution is 5.81. The maximum atomic E-state index is 13.8. The predicted octanol–water partition coefficient (Wildman–Crippen LogP) is 3.72. The minimum atomic E-state index is -0.159. The third-order valence-electron chi connectivity index (χ3n) is 3.69. The van der Waals surface area contributed by atoms with E-state index >= 15 is 0 Å². The molecule has 0 aliphatic heterocycles. The molecular weight excluding hydrogens is 263 g/mol. The molecule has 0 aliphatic carbocycles. The Morgan fingerprint density at radius 1 is 1.14 bits per heavy atom. The van der Waals surface area contributed by atoms with Gasteiger partial charge in [0.15, 0.2) is 0 Å². The summed E-state index contributed by atoms with van der Waals surface area (Å²) in [7, 11) is 0. The summed E-state index contributed by atoms with van der Waals surface area (Å²) in [5, 5.41) is 1.17. The van der Waals surface area contributed by atoms with Crippen molar-refractivity contribution in [2.24, 2.45) is 5.73 Å². The molecule has 0 saturated heterocycles. The van der Waals surface area contributed by atoms with Gasteiger partial charge in [0.1, 0.15) is 5.82 Å². The molecule has 1 unspecified atom stereocenters. The number of aromatic nitrogens is 1. The van der Waals surface area contributed by atoms with Crippen molar-refractivity contribution in [1.29, 1.82) is 0 Å². The maximum Gasteiger partial charge on any atom is 0.128 e. The van der Waals surface area contributed by atoms with Gasteiger partial charge in [0.2, 0.25) is 0 Å².